The Bertz CT molecular complexity index is 831. The molecule has 0 N–H and O–H groups in total. The van der Waals surface area contributed by atoms with E-state index >= 15 is 0 Å². The highest BCUT2D eigenvalue weighted by atomic mass is 19.4. The molecule has 0 aromatic heterocycles. The van der Waals surface area contributed by atoms with Gasteiger partial charge in [0, 0.05) is 12.5 Å². The minimum Gasteiger partial charge on any atom is -0.494 e. The molecule has 1 unspecified atom stereocenters. The molecule has 1 aromatic rings. The van der Waals surface area contributed by atoms with Crippen LogP contribution in [-0.2, 0) is 19.1 Å². The number of carbonyl (C=O) groups excluding carboxylic acids is 2. The number of hydrogen-bond donors (Lipinski definition) is 0. The zero-order chi connectivity index (χ0) is 27.9. The van der Waals surface area contributed by atoms with Crippen LogP contribution in [0.1, 0.15) is 85.1 Å². The molecule has 1 atom stereocenters. The first-order valence-electron chi connectivity index (χ1n) is 13.1. The predicted octanol–water partition coefficient (Wildman–Crippen LogP) is 7.78. The van der Waals surface area contributed by atoms with Crippen molar-refractivity contribution < 1.29 is 37.0 Å². The molecule has 0 saturated heterocycles. The highest BCUT2D eigenvalue weighted by Crippen LogP contribution is 2.35. The van der Waals surface area contributed by atoms with Gasteiger partial charge in [-0.1, -0.05) is 39.8 Å². The standard InChI is InChI=1S/C29H43F3O5/c1-22(2)21-28(5,23(3)4)27(34)37-19-9-7-6-8-18-35-25-14-11-24(12-15-25)13-16-26(33)36-20-10-17-29(30,31)32/h11-16,22-23H,6-10,17-21H2,1-5H3/b16-13+. The summed E-state index contributed by atoms with van der Waals surface area (Å²) in [7, 11) is 0. The zero-order valence-corrected chi connectivity index (χ0v) is 22.9. The van der Waals surface area contributed by atoms with Crippen LogP contribution in [-0.4, -0.2) is 37.9 Å². The highest BCUT2D eigenvalue weighted by molar-refractivity contribution is 5.87. The van der Waals surface area contributed by atoms with Crippen LogP contribution in [0.4, 0.5) is 13.2 Å². The number of esters is 2. The van der Waals surface area contributed by atoms with Crippen LogP contribution in [0.3, 0.4) is 0 Å². The smallest absolute Gasteiger partial charge is 0.389 e. The SMILES string of the molecule is CC(C)CC(C)(C(=O)OCCCCCCOc1ccc(/C=C/C(=O)OCCCC(F)(F)F)cc1)C(C)C. The number of carbonyl (C=O) groups is 2. The largest absolute Gasteiger partial charge is 0.494 e. The van der Waals surface area contributed by atoms with Crippen molar-refractivity contribution in [1.29, 1.82) is 0 Å². The molecule has 0 radical (unpaired) electrons. The highest BCUT2D eigenvalue weighted by Gasteiger charge is 2.38. The number of hydrogen-bond acceptors (Lipinski definition) is 5. The first kappa shape index (κ1) is 32.5. The minimum atomic E-state index is -4.24. The van der Waals surface area contributed by atoms with Crippen molar-refractivity contribution in [2.24, 2.45) is 17.3 Å². The summed E-state index contributed by atoms with van der Waals surface area (Å²) >= 11 is 0. The van der Waals surface area contributed by atoms with E-state index in [4.69, 9.17) is 14.2 Å². The van der Waals surface area contributed by atoms with Crippen LogP contribution in [0, 0.1) is 17.3 Å². The van der Waals surface area contributed by atoms with E-state index in [1.165, 1.54) is 12.2 Å². The van der Waals surface area contributed by atoms with Crippen molar-refractivity contribution in [2.45, 2.75) is 85.7 Å². The van der Waals surface area contributed by atoms with Crippen LogP contribution in [0.5, 0.6) is 5.75 Å². The van der Waals surface area contributed by atoms with Gasteiger partial charge in [-0.3, -0.25) is 4.79 Å². The van der Waals surface area contributed by atoms with E-state index < -0.39 is 24.0 Å². The van der Waals surface area contributed by atoms with E-state index in [-0.39, 0.29) is 24.9 Å². The fourth-order valence-electron chi connectivity index (χ4n) is 3.81. The van der Waals surface area contributed by atoms with Gasteiger partial charge in [-0.2, -0.15) is 13.2 Å². The second-order valence-corrected chi connectivity index (χ2v) is 10.4. The molecular weight excluding hydrogens is 485 g/mol. The van der Waals surface area contributed by atoms with Crippen LogP contribution >= 0.6 is 0 Å². The molecule has 37 heavy (non-hydrogen) atoms. The first-order valence-corrected chi connectivity index (χ1v) is 13.1. The fraction of sp³-hybridized carbons (Fsp3) is 0.655. The van der Waals surface area contributed by atoms with Crippen LogP contribution in [0.25, 0.3) is 6.08 Å². The van der Waals surface area contributed by atoms with Gasteiger partial charge >= 0.3 is 18.1 Å². The number of rotatable bonds is 17. The van der Waals surface area contributed by atoms with Crippen molar-refractivity contribution in [2.75, 3.05) is 19.8 Å². The number of halogens is 3. The van der Waals surface area contributed by atoms with E-state index in [0.717, 1.165) is 37.7 Å². The van der Waals surface area contributed by atoms with Gasteiger partial charge in [0.15, 0.2) is 0 Å². The van der Waals surface area contributed by atoms with Crippen molar-refractivity contribution in [3.05, 3.63) is 35.9 Å². The maximum atomic E-state index is 12.6. The molecular formula is C29H43F3O5. The van der Waals surface area contributed by atoms with E-state index in [9.17, 15) is 22.8 Å². The Morgan fingerprint density at radius 2 is 1.46 bits per heavy atom. The molecule has 0 heterocycles. The average Bonchev–Trinajstić information content (AvgIpc) is 2.81. The van der Waals surface area contributed by atoms with Gasteiger partial charge in [-0.15, -0.1) is 0 Å². The lowest BCUT2D eigenvalue weighted by Gasteiger charge is -2.32. The van der Waals surface area contributed by atoms with E-state index in [2.05, 4.69) is 27.7 Å². The molecule has 210 valence electrons. The number of benzene rings is 1. The van der Waals surface area contributed by atoms with Crippen molar-refractivity contribution in [3.8, 4) is 5.75 Å². The molecule has 0 saturated carbocycles. The lowest BCUT2D eigenvalue weighted by atomic mass is 9.73. The molecule has 0 bridgehead atoms. The quantitative estimate of drug-likeness (QED) is 0.117. The van der Waals surface area contributed by atoms with Crippen molar-refractivity contribution >= 4 is 18.0 Å². The summed E-state index contributed by atoms with van der Waals surface area (Å²) < 4.78 is 52.3. The van der Waals surface area contributed by atoms with E-state index in [1.54, 1.807) is 24.3 Å². The second kappa shape index (κ2) is 16.4. The molecule has 0 spiro atoms. The molecule has 8 heteroatoms. The van der Waals surface area contributed by atoms with Crippen LogP contribution in [0.15, 0.2) is 30.3 Å². The normalized spacial score (nSPS) is 13.7. The summed E-state index contributed by atoms with van der Waals surface area (Å²) in [6.45, 7) is 11.1. The summed E-state index contributed by atoms with van der Waals surface area (Å²) in [6, 6.07) is 7.13. The maximum Gasteiger partial charge on any atom is 0.389 e. The summed E-state index contributed by atoms with van der Waals surface area (Å²) in [4.78, 5) is 24.2. The Hall–Kier alpha value is -2.51. The van der Waals surface area contributed by atoms with Gasteiger partial charge in [-0.05, 0) is 81.1 Å². The van der Waals surface area contributed by atoms with Gasteiger partial charge in [0.05, 0.1) is 25.2 Å². The lowest BCUT2D eigenvalue weighted by molar-refractivity contribution is -0.159. The molecule has 0 aliphatic heterocycles. The van der Waals surface area contributed by atoms with Crippen LogP contribution in [0.2, 0.25) is 0 Å². The summed E-state index contributed by atoms with van der Waals surface area (Å²) in [5.41, 5.74) is 0.298. The number of alkyl halides is 3. The molecule has 0 aliphatic carbocycles. The summed E-state index contributed by atoms with van der Waals surface area (Å²) in [5, 5.41) is 0. The predicted molar refractivity (Wildman–Crippen MR) is 139 cm³/mol. The average molecular weight is 529 g/mol. The Balaban J connectivity index is 2.21. The third-order valence-corrected chi connectivity index (χ3v) is 6.25. The van der Waals surface area contributed by atoms with Gasteiger partial charge in [0.2, 0.25) is 0 Å². The Kier molecular flexibility index (Phi) is 14.4. The molecule has 1 rings (SSSR count). The first-order chi connectivity index (χ1) is 17.3. The Morgan fingerprint density at radius 3 is 2.03 bits per heavy atom. The van der Waals surface area contributed by atoms with Gasteiger partial charge < -0.3 is 14.2 Å². The lowest BCUT2D eigenvalue weighted by Crippen LogP contribution is -2.36. The second-order valence-electron chi connectivity index (χ2n) is 10.4. The van der Waals surface area contributed by atoms with E-state index in [1.807, 2.05) is 6.92 Å². The maximum absolute atomic E-state index is 12.6. The fourth-order valence-corrected chi connectivity index (χ4v) is 3.81. The Morgan fingerprint density at radius 1 is 0.865 bits per heavy atom. The third kappa shape index (κ3) is 14.1. The number of ether oxygens (including phenoxy) is 3. The molecule has 0 amide bonds. The minimum absolute atomic E-state index is 0.101. The molecule has 5 nitrogen and oxygen atoms in total. The molecule has 0 aliphatic rings. The number of unbranched alkanes of at least 4 members (excludes halogenated alkanes) is 3. The molecule has 1 aromatic carbocycles. The van der Waals surface area contributed by atoms with Gasteiger partial charge in [0.1, 0.15) is 5.75 Å². The molecule has 0 fully saturated rings. The van der Waals surface area contributed by atoms with Crippen molar-refractivity contribution in [1.82, 2.24) is 0 Å². The van der Waals surface area contributed by atoms with Gasteiger partial charge in [0.25, 0.3) is 0 Å². The zero-order valence-electron chi connectivity index (χ0n) is 22.9. The van der Waals surface area contributed by atoms with Crippen molar-refractivity contribution in [3.63, 3.8) is 0 Å². The summed E-state index contributed by atoms with van der Waals surface area (Å²) in [6.07, 6.45) is 1.71. The summed E-state index contributed by atoms with van der Waals surface area (Å²) in [5.74, 6) is 0.589. The van der Waals surface area contributed by atoms with Crippen LogP contribution < -0.4 is 4.74 Å². The monoisotopic (exact) mass is 528 g/mol. The van der Waals surface area contributed by atoms with E-state index in [0.29, 0.717) is 24.9 Å². The Labute approximate surface area is 219 Å². The van der Waals surface area contributed by atoms with Gasteiger partial charge in [-0.25, -0.2) is 4.79 Å². The third-order valence-electron chi connectivity index (χ3n) is 6.25. The topological polar surface area (TPSA) is 61.8 Å².